The van der Waals surface area contributed by atoms with E-state index in [-0.39, 0.29) is 5.56 Å². The lowest BCUT2D eigenvalue weighted by Crippen LogP contribution is -2.20. The molecule has 0 heterocycles. The standard InChI is InChI=1S/C12H13F3N2O/c1-8(17(2)3)16-11(18)9-5-4-6-10(7-9)12(13,14)15/h4-7H,1-3H3. The molecule has 0 aliphatic rings. The third kappa shape index (κ3) is 3.58. The van der Waals surface area contributed by atoms with Crippen molar-refractivity contribution in [1.82, 2.24) is 4.90 Å². The van der Waals surface area contributed by atoms with Gasteiger partial charge in [0.15, 0.2) is 0 Å². The number of carbonyl (C=O) groups is 1. The van der Waals surface area contributed by atoms with Crippen LogP contribution in [-0.2, 0) is 6.18 Å². The Hall–Kier alpha value is -1.85. The van der Waals surface area contributed by atoms with Gasteiger partial charge in [-0.25, -0.2) is 0 Å². The van der Waals surface area contributed by atoms with Gasteiger partial charge in [-0.15, -0.1) is 0 Å². The summed E-state index contributed by atoms with van der Waals surface area (Å²) in [5, 5.41) is 0. The molecule has 1 rings (SSSR count). The number of alkyl halides is 3. The first-order chi connectivity index (χ1) is 8.21. The van der Waals surface area contributed by atoms with Crippen molar-refractivity contribution >= 4 is 11.7 Å². The van der Waals surface area contributed by atoms with Gasteiger partial charge in [0.25, 0.3) is 5.91 Å². The van der Waals surface area contributed by atoms with Crippen molar-refractivity contribution < 1.29 is 18.0 Å². The molecule has 0 aliphatic heterocycles. The molecule has 0 bridgehead atoms. The zero-order chi connectivity index (χ0) is 13.9. The predicted octanol–water partition coefficient (Wildman–Crippen LogP) is 2.83. The summed E-state index contributed by atoms with van der Waals surface area (Å²) in [7, 11) is 3.39. The molecule has 0 fully saturated rings. The van der Waals surface area contributed by atoms with Crippen LogP contribution in [0.4, 0.5) is 13.2 Å². The zero-order valence-corrected chi connectivity index (χ0v) is 10.2. The number of benzene rings is 1. The first-order valence-electron chi connectivity index (χ1n) is 5.16. The summed E-state index contributed by atoms with van der Waals surface area (Å²) in [6, 6.07) is 4.22. The van der Waals surface area contributed by atoms with Crippen molar-refractivity contribution in [3.8, 4) is 0 Å². The summed E-state index contributed by atoms with van der Waals surface area (Å²) in [6.45, 7) is 1.60. The Labute approximate surface area is 103 Å². The molecule has 0 N–H and O–H groups in total. The maximum atomic E-state index is 12.5. The van der Waals surface area contributed by atoms with Gasteiger partial charge in [-0.2, -0.15) is 18.2 Å². The highest BCUT2D eigenvalue weighted by Crippen LogP contribution is 2.29. The summed E-state index contributed by atoms with van der Waals surface area (Å²) in [5.74, 6) is -0.260. The number of nitrogens with zero attached hydrogens (tertiary/aromatic N) is 2. The van der Waals surface area contributed by atoms with Crippen LogP contribution < -0.4 is 0 Å². The Kier molecular flexibility index (Phi) is 4.11. The fourth-order valence-corrected chi connectivity index (χ4v) is 1.14. The van der Waals surface area contributed by atoms with Crippen LogP contribution in [0.2, 0.25) is 0 Å². The van der Waals surface area contributed by atoms with Gasteiger partial charge in [-0.1, -0.05) is 6.07 Å². The van der Waals surface area contributed by atoms with Crippen LogP contribution in [0.25, 0.3) is 0 Å². The van der Waals surface area contributed by atoms with E-state index in [2.05, 4.69) is 4.99 Å². The summed E-state index contributed by atoms with van der Waals surface area (Å²) in [6.07, 6.45) is -4.46. The zero-order valence-electron chi connectivity index (χ0n) is 10.2. The maximum Gasteiger partial charge on any atom is 0.416 e. The SMILES string of the molecule is CC(=NC(=O)c1cccc(C(F)(F)F)c1)N(C)C. The molecule has 18 heavy (non-hydrogen) atoms. The number of amides is 1. The van der Waals surface area contributed by atoms with E-state index in [1.807, 2.05) is 0 Å². The number of aliphatic imine (C=N–C) groups is 1. The number of hydrogen-bond acceptors (Lipinski definition) is 1. The van der Waals surface area contributed by atoms with E-state index in [1.165, 1.54) is 12.1 Å². The van der Waals surface area contributed by atoms with Crippen molar-refractivity contribution in [1.29, 1.82) is 0 Å². The van der Waals surface area contributed by atoms with Crippen molar-refractivity contribution in [3.05, 3.63) is 35.4 Å². The lowest BCUT2D eigenvalue weighted by Gasteiger charge is -2.11. The highest BCUT2D eigenvalue weighted by atomic mass is 19.4. The maximum absolute atomic E-state index is 12.5. The molecule has 0 spiro atoms. The number of rotatable bonds is 1. The van der Waals surface area contributed by atoms with Crippen molar-refractivity contribution in [2.24, 2.45) is 4.99 Å². The highest BCUT2D eigenvalue weighted by Gasteiger charge is 2.30. The average Bonchev–Trinajstić information content (AvgIpc) is 2.27. The molecule has 0 atom stereocenters. The Morgan fingerprint density at radius 2 is 1.89 bits per heavy atom. The van der Waals surface area contributed by atoms with Crippen LogP contribution in [0.3, 0.4) is 0 Å². The topological polar surface area (TPSA) is 32.7 Å². The van der Waals surface area contributed by atoms with Gasteiger partial charge in [0.2, 0.25) is 0 Å². The molecule has 3 nitrogen and oxygen atoms in total. The van der Waals surface area contributed by atoms with E-state index >= 15 is 0 Å². The number of amidine groups is 1. The van der Waals surface area contributed by atoms with E-state index in [0.29, 0.717) is 5.84 Å². The number of carbonyl (C=O) groups excluding carboxylic acids is 1. The summed E-state index contributed by atoms with van der Waals surface area (Å²) < 4.78 is 37.4. The van der Waals surface area contributed by atoms with Crippen LogP contribution in [0.15, 0.2) is 29.3 Å². The quantitative estimate of drug-likeness (QED) is 0.573. The second-order valence-electron chi connectivity index (χ2n) is 3.94. The van der Waals surface area contributed by atoms with Crippen LogP contribution in [0.1, 0.15) is 22.8 Å². The lowest BCUT2D eigenvalue weighted by atomic mass is 10.1. The largest absolute Gasteiger partial charge is 0.416 e. The van der Waals surface area contributed by atoms with E-state index in [4.69, 9.17) is 0 Å². The molecule has 0 saturated carbocycles. The first kappa shape index (κ1) is 14.2. The molecule has 0 saturated heterocycles. The Morgan fingerprint density at radius 3 is 2.39 bits per heavy atom. The van der Waals surface area contributed by atoms with Crippen LogP contribution >= 0.6 is 0 Å². The minimum Gasteiger partial charge on any atom is -0.366 e. The van der Waals surface area contributed by atoms with Gasteiger partial charge in [-0.3, -0.25) is 4.79 Å². The molecule has 0 unspecified atom stereocenters. The Balaban J connectivity index is 3.05. The third-order valence-electron chi connectivity index (χ3n) is 2.35. The monoisotopic (exact) mass is 258 g/mol. The molecule has 98 valence electrons. The molecular formula is C12H13F3N2O. The van der Waals surface area contributed by atoms with Gasteiger partial charge in [0.1, 0.15) is 5.84 Å². The smallest absolute Gasteiger partial charge is 0.366 e. The fraction of sp³-hybridized carbons (Fsp3) is 0.333. The third-order valence-corrected chi connectivity index (χ3v) is 2.35. The molecule has 1 aromatic rings. The van der Waals surface area contributed by atoms with Gasteiger partial charge in [0, 0.05) is 19.7 Å². The van der Waals surface area contributed by atoms with Crippen molar-refractivity contribution in [2.45, 2.75) is 13.1 Å². The minimum absolute atomic E-state index is 0.0778. The minimum atomic E-state index is -4.46. The second kappa shape index (κ2) is 5.20. The normalized spacial score (nSPS) is 12.4. The van der Waals surface area contributed by atoms with Crippen LogP contribution in [-0.4, -0.2) is 30.7 Å². The molecule has 6 heteroatoms. The van der Waals surface area contributed by atoms with Crippen LogP contribution in [0, 0.1) is 0 Å². The van der Waals surface area contributed by atoms with Gasteiger partial charge in [0.05, 0.1) is 5.56 Å². The lowest BCUT2D eigenvalue weighted by molar-refractivity contribution is -0.137. The molecular weight excluding hydrogens is 245 g/mol. The van der Waals surface area contributed by atoms with Gasteiger partial charge < -0.3 is 4.90 Å². The van der Waals surface area contributed by atoms with Gasteiger partial charge >= 0.3 is 6.18 Å². The van der Waals surface area contributed by atoms with Crippen LogP contribution in [0.5, 0.6) is 0 Å². The molecule has 1 amide bonds. The summed E-state index contributed by atoms with van der Waals surface area (Å²) in [4.78, 5) is 17.0. The Bertz CT molecular complexity index is 478. The second-order valence-corrected chi connectivity index (χ2v) is 3.94. The Morgan fingerprint density at radius 1 is 1.28 bits per heavy atom. The summed E-state index contributed by atoms with van der Waals surface area (Å²) >= 11 is 0. The van der Waals surface area contributed by atoms with Crippen molar-refractivity contribution in [3.63, 3.8) is 0 Å². The predicted molar refractivity (Wildman–Crippen MR) is 62.6 cm³/mol. The van der Waals surface area contributed by atoms with E-state index < -0.39 is 17.6 Å². The molecule has 1 aromatic carbocycles. The highest BCUT2D eigenvalue weighted by molar-refractivity contribution is 6.02. The molecule has 0 aromatic heterocycles. The molecule has 0 radical (unpaired) electrons. The summed E-state index contributed by atoms with van der Waals surface area (Å²) in [5.41, 5.74) is -0.933. The number of halogens is 3. The van der Waals surface area contributed by atoms with Gasteiger partial charge in [-0.05, 0) is 25.1 Å². The molecule has 0 aliphatic carbocycles. The van der Waals surface area contributed by atoms with Crippen molar-refractivity contribution in [2.75, 3.05) is 14.1 Å². The average molecular weight is 258 g/mol. The first-order valence-corrected chi connectivity index (χ1v) is 5.16. The van der Waals surface area contributed by atoms with E-state index in [0.717, 1.165) is 12.1 Å². The van der Waals surface area contributed by atoms with E-state index in [9.17, 15) is 18.0 Å². The van der Waals surface area contributed by atoms with E-state index in [1.54, 1.807) is 25.9 Å². The fourth-order valence-electron chi connectivity index (χ4n) is 1.14. The number of hydrogen-bond donors (Lipinski definition) is 0.